The lowest BCUT2D eigenvalue weighted by atomic mass is 9.99. The lowest BCUT2D eigenvalue weighted by Gasteiger charge is -2.30. The topological polar surface area (TPSA) is 63.4 Å². The number of rotatable bonds is 5. The van der Waals surface area contributed by atoms with E-state index in [4.69, 9.17) is 5.73 Å². The summed E-state index contributed by atoms with van der Waals surface area (Å²) in [5.74, 6) is 0.717. The van der Waals surface area contributed by atoms with Crippen LogP contribution in [0.5, 0.6) is 0 Å². The molecule has 1 fully saturated rings. The van der Waals surface area contributed by atoms with E-state index in [1.807, 2.05) is 17.5 Å². The summed E-state index contributed by atoms with van der Waals surface area (Å²) >= 11 is 1.61. The van der Waals surface area contributed by atoms with E-state index in [9.17, 15) is 8.42 Å². The van der Waals surface area contributed by atoms with Gasteiger partial charge in [0.1, 0.15) is 0 Å². The molecule has 102 valence electrons. The van der Waals surface area contributed by atoms with Crippen LogP contribution >= 0.6 is 11.3 Å². The van der Waals surface area contributed by atoms with Gasteiger partial charge in [-0.1, -0.05) is 6.07 Å². The van der Waals surface area contributed by atoms with Crippen LogP contribution in [-0.4, -0.2) is 38.1 Å². The Bertz CT molecular complexity index is 448. The number of piperidine rings is 1. The predicted molar refractivity (Wildman–Crippen MR) is 75.2 cm³/mol. The summed E-state index contributed by atoms with van der Waals surface area (Å²) in [7, 11) is -3.09. The van der Waals surface area contributed by atoms with Gasteiger partial charge in [0.2, 0.25) is 10.0 Å². The highest BCUT2D eigenvalue weighted by molar-refractivity contribution is 7.89. The zero-order valence-corrected chi connectivity index (χ0v) is 12.0. The Hall–Kier alpha value is -0.430. The molecular weight excluding hydrogens is 268 g/mol. The van der Waals surface area contributed by atoms with Gasteiger partial charge < -0.3 is 5.73 Å². The van der Waals surface area contributed by atoms with Gasteiger partial charge in [-0.05, 0) is 43.2 Å². The Morgan fingerprint density at radius 3 is 2.67 bits per heavy atom. The molecular formula is C12H20N2O2S2. The number of hydrogen-bond acceptors (Lipinski definition) is 4. The molecule has 0 atom stereocenters. The largest absolute Gasteiger partial charge is 0.330 e. The third-order valence-corrected chi connectivity index (χ3v) is 6.29. The van der Waals surface area contributed by atoms with Crippen molar-refractivity contribution >= 4 is 21.4 Å². The fraction of sp³-hybridized carbons (Fsp3) is 0.667. The van der Waals surface area contributed by atoms with Gasteiger partial charge in [0.15, 0.2) is 0 Å². The van der Waals surface area contributed by atoms with Crippen molar-refractivity contribution in [3.8, 4) is 0 Å². The van der Waals surface area contributed by atoms with Crippen LogP contribution in [0, 0.1) is 5.92 Å². The van der Waals surface area contributed by atoms with Crippen molar-refractivity contribution in [2.75, 3.05) is 25.4 Å². The third kappa shape index (κ3) is 3.54. The second kappa shape index (κ2) is 6.14. The molecule has 0 spiro atoms. The monoisotopic (exact) mass is 288 g/mol. The highest BCUT2D eigenvalue weighted by Crippen LogP contribution is 2.19. The Labute approximate surface area is 113 Å². The van der Waals surface area contributed by atoms with Crippen molar-refractivity contribution in [2.45, 2.75) is 19.3 Å². The lowest BCUT2D eigenvalue weighted by molar-refractivity contribution is 0.278. The fourth-order valence-corrected chi connectivity index (χ4v) is 4.58. The number of thiophene rings is 1. The molecule has 0 aliphatic carbocycles. The van der Waals surface area contributed by atoms with E-state index in [0.29, 0.717) is 32.0 Å². The summed E-state index contributed by atoms with van der Waals surface area (Å²) in [6, 6.07) is 3.94. The standard InChI is InChI=1S/C12H20N2O2S2/c13-10-11-3-6-14(7-4-11)18(15,16)9-5-12-2-1-8-17-12/h1-2,8,11H,3-7,9-10,13H2. The molecule has 18 heavy (non-hydrogen) atoms. The highest BCUT2D eigenvalue weighted by Gasteiger charge is 2.27. The molecule has 0 amide bonds. The SMILES string of the molecule is NCC1CCN(S(=O)(=O)CCc2cccs2)CC1. The van der Waals surface area contributed by atoms with Crippen LogP contribution in [0.15, 0.2) is 17.5 Å². The molecule has 2 N–H and O–H groups in total. The van der Waals surface area contributed by atoms with Crippen LogP contribution in [0.3, 0.4) is 0 Å². The maximum Gasteiger partial charge on any atom is 0.214 e. The van der Waals surface area contributed by atoms with Crippen LogP contribution in [0.25, 0.3) is 0 Å². The number of nitrogens with two attached hydrogens (primary N) is 1. The van der Waals surface area contributed by atoms with E-state index in [1.54, 1.807) is 15.6 Å². The Morgan fingerprint density at radius 2 is 2.11 bits per heavy atom. The summed E-state index contributed by atoms with van der Waals surface area (Å²) in [6.45, 7) is 1.94. The molecule has 0 bridgehead atoms. The van der Waals surface area contributed by atoms with Gasteiger partial charge in [-0.2, -0.15) is 0 Å². The van der Waals surface area contributed by atoms with Gasteiger partial charge >= 0.3 is 0 Å². The average molecular weight is 288 g/mol. The number of aryl methyl sites for hydroxylation is 1. The molecule has 2 heterocycles. The average Bonchev–Trinajstić information content (AvgIpc) is 2.90. The van der Waals surface area contributed by atoms with Crippen molar-refractivity contribution in [1.29, 1.82) is 0 Å². The molecule has 0 unspecified atom stereocenters. The van der Waals surface area contributed by atoms with Gasteiger partial charge in [0.25, 0.3) is 0 Å². The molecule has 1 saturated heterocycles. The van der Waals surface area contributed by atoms with E-state index in [1.165, 1.54) is 0 Å². The summed E-state index contributed by atoms with van der Waals surface area (Å²) in [6.07, 6.45) is 2.42. The smallest absolute Gasteiger partial charge is 0.214 e. The molecule has 6 heteroatoms. The highest BCUT2D eigenvalue weighted by atomic mass is 32.2. The zero-order valence-electron chi connectivity index (χ0n) is 10.4. The maximum atomic E-state index is 12.2. The molecule has 1 aromatic rings. The second-order valence-electron chi connectivity index (χ2n) is 4.72. The quantitative estimate of drug-likeness (QED) is 0.888. The molecule has 1 aliphatic heterocycles. The first-order valence-electron chi connectivity index (χ1n) is 6.32. The summed E-state index contributed by atoms with van der Waals surface area (Å²) < 4.78 is 26.0. The van der Waals surface area contributed by atoms with E-state index >= 15 is 0 Å². The van der Waals surface area contributed by atoms with E-state index < -0.39 is 10.0 Å². The summed E-state index contributed by atoms with van der Waals surface area (Å²) in [5.41, 5.74) is 5.61. The lowest BCUT2D eigenvalue weighted by Crippen LogP contribution is -2.41. The Morgan fingerprint density at radius 1 is 1.39 bits per heavy atom. The van der Waals surface area contributed by atoms with E-state index in [-0.39, 0.29) is 5.75 Å². The molecule has 0 aromatic carbocycles. The van der Waals surface area contributed by atoms with E-state index in [0.717, 1.165) is 17.7 Å². The molecule has 0 radical (unpaired) electrons. The van der Waals surface area contributed by atoms with E-state index in [2.05, 4.69) is 0 Å². The van der Waals surface area contributed by atoms with Crippen molar-refractivity contribution in [1.82, 2.24) is 4.31 Å². The van der Waals surface area contributed by atoms with Crippen LogP contribution in [0.4, 0.5) is 0 Å². The molecule has 4 nitrogen and oxygen atoms in total. The minimum Gasteiger partial charge on any atom is -0.330 e. The zero-order chi connectivity index (χ0) is 13.0. The first-order chi connectivity index (χ1) is 8.62. The van der Waals surface area contributed by atoms with Gasteiger partial charge in [-0.3, -0.25) is 0 Å². The normalized spacial score (nSPS) is 19.2. The van der Waals surface area contributed by atoms with Gasteiger partial charge in [0, 0.05) is 18.0 Å². The maximum absolute atomic E-state index is 12.2. The van der Waals surface area contributed by atoms with Crippen LogP contribution in [-0.2, 0) is 16.4 Å². The van der Waals surface area contributed by atoms with Crippen LogP contribution in [0.2, 0.25) is 0 Å². The molecule has 1 aromatic heterocycles. The van der Waals surface area contributed by atoms with Crippen LogP contribution < -0.4 is 5.73 Å². The third-order valence-electron chi connectivity index (χ3n) is 3.49. The number of sulfonamides is 1. The first kappa shape index (κ1) is 14.0. The summed E-state index contributed by atoms with van der Waals surface area (Å²) in [5, 5.41) is 1.98. The van der Waals surface area contributed by atoms with Gasteiger partial charge in [-0.15, -0.1) is 11.3 Å². The van der Waals surface area contributed by atoms with Gasteiger partial charge in [0.05, 0.1) is 5.75 Å². The fourth-order valence-electron chi connectivity index (χ4n) is 2.24. The second-order valence-corrected chi connectivity index (χ2v) is 7.84. The van der Waals surface area contributed by atoms with Gasteiger partial charge in [-0.25, -0.2) is 12.7 Å². The Balaban J connectivity index is 1.87. The molecule has 2 rings (SSSR count). The van der Waals surface area contributed by atoms with Crippen molar-refractivity contribution in [3.63, 3.8) is 0 Å². The molecule has 0 saturated carbocycles. The van der Waals surface area contributed by atoms with Crippen molar-refractivity contribution in [2.24, 2.45) is 11.7 Å². The Kier molecular flexibility index (Phi) is 4.77. The number of nitrogens with zero attached hydrogens (tertiary/aromatic N) is 1. The van der Waals surface area contributed by atoms with Crippen molar-refractivity contribution in [3.05, 3.63) is 22.4 Å². The minimum atomic E-state index is -3.09. The van der Waals surface area contributed by atoms with Crippen molar-refractivity contribution < 1.29 is 8.42 Å². The predicted octanol–water partition coefficient (Wildman–Crippen LogP) is 1.29. The van der Waals surface area contributed by atoms with Crippen LogP contribution in [0.1, 0.15) is 17.7 Å². The summed E-state index contributed by atoms with van der Waals surface area (Å²) in [4.78, 5) is 1.13. The minimum absolute atomic E-state index is 0.223. The first-order valence-corrected chi connectivity index (χ1v) is 8.81. The number of hydrogen-bond donors (Lipinski definition) is 1. The molecule has 1 aliphatic rings.